The van der Waals surface area contributed by atoms with Crippen molar-refractivity contribution in [3.63, 3.8) is 0 Å². The highest BCUT2D eigenvalue weighted by Gasteiger charge is 2.35. The molecule has 1 aliphatic heterocycles. The van der Waals surface area contributed by atoms with E-state index in [0.717, 1.165) is 44.2 Å². The normalized spacial score (nSPS) is 20.8. The molecule has 0 atom stereocenters. The molecule has 30 heavy (non-hydrogen) atoms. The second-order valence-corrected chi connectivity index (χ2v) is 9.33. The Morgan fingerprint density at radius 3 is 2.73 bits per heavy atom. The molecule has 0 aromatic heterocycles. The molecule has 1 fully saturated rings. The summed E-state index contributed by atoms with van der Waals surface area (Å²) in [6.45, 7) is -0.213. The quantitative estimate of drug-likeness (QED) is 0.666. The second-order valence-electron chi connectivity index (χ2n) is 7.68. The summed E-state index contributed by atoms with van der Waals surface area (Å²) in [6.07, 6.45) is 8.18. The van der Waals surface area contributed by atoms with Crippen LogP contribution in [0, 0.1) is 0 Å². The van der Waals surface area contributed by atoms with E-state index in [2.05, 4.69) is 15.8 Å². The first kappa shape index (κ1) is 20.6. The number of carbonyl (C=O) groups excluding carboxylic acids is 2. The molecule has 4 rings (SSSR count). The number of ether oxygens (including phenoxy) is 1. The van der Waals surface area contributed by atoms with Gasteiger partial charge in [-0.05, 0) is 50.7 Å². The van der Waals surface area contributed by atoms with Crippen LogP contribution in [0.15, 0.2) is 45.9 Å². The van der Waals surface area contributed by atoms with Crippen molar-refractivity contribution in [1.82, 2.24) is 9.62 Å². The second kappa shape index (κ2) is 8.59. The molecule has 0 bridgehead atoms. The predicted octanol–water partition coefficient (Wildman–Crippen LogP) is 2.11. The fourth-order valence-corrected chi connectivity index (χ4v) is 5.02. The number of benzene rings is 1. The fourth-order valence-electron chi connectivity index (χ4n) is 3.77. The lowest BCUT2D eigenvalue weighted by molar-refractivity contribution is -0.151. The molecule has 1 heterocycles. The van der Waals surface area contributed by atoms with E-state index in [0.29, 0.717) is 5.56 Å². The molecular weight excluding hydrogens is 406 g/mol. The number of hydrogen-bond acceptors (Lipinski definition) is 6. The van der Waals surface area contributed by atoms with Crippen molar-refractivity contribution in [3.05, 3.63) is 41.6 Å². The van der Waals surface area contributed by atoms with Crippen LogP contribution in [0.4, 0.5) is 0 Å². The maximum absolute atomic E-state index is 12.6. The lowest BCUT2D eigenvalue weighted by Gasteiger charge is -2.27. The summed E-state index contributed by atoms with van der Waals surface area (Å²) in [5, 5.41) is 0. The summed E-state index contributed by atoms with van der Waals surface area (Å²) in [5.74, 6) is -0.489. The van der Waals surface area contributed by atoms with E-state index in [1.165, 1.54) is 6.07 Å². The van der Waals surface area contributed by atoms with Gasteiger partial charge in [-0.1, -0.05) is 18.2 Å². The van der Waals surface area contributed by atoms with Crippen LogP contribution >= 0.6 is 0 Å². The number of rotatable bonds is 7. The molecule has 9 heteroatoms. The van der Waals surface area contributed by atoms with Crippen molar-refractivity contribution < 1.29 is 22.7 Å². The topological polar surface area (TPSA) is 105 Å². The first-order chi connectivity index (χ1) is 14.5. The van der Waals surface area contributed by atoms with Gasteiger partial charge in [-0.15, -0.1) is 0 Å². The molecule has 0 radical (unpaired) electrons. The van der Waals surface area contributed by atoms with E-state index in [9.17, 15) is 18.0 Å². The number of amidine groups is 1. The van der Waals surface area contributed by atoms with Crippen LogP contribution in [-0.2, 0) is 24.3 Å². The van der Waals surface area contributed by atoms with E-state index in [4.69, 9.17) is 4.74 Å². The van der Waals surface area contributed by atoms with Gasteiger partial charge in [-0.2, -0.15) is 0 Å². The number of esters is 1. The third kappa shape index (κ3) is 4.56. The number of allylic oxidation sites excluding steroid dienone is 2. The lowest BCUT2D eigenvalue weighted by Crippen LogP contribution is -2.36. The van der Waals surface area contributed by atoms with Crippen molar-refractivity contribution in [1.29, 1.82) is 0 Å². The van der Waals surface area contributed by atoms with E-state index in [1.807, 2.05) is 4.90 Å². The summed E-state index contributed by atoms with van der Waals surface area (Å²) in [5.41, 5.74) is 1.55. The maximum Gasteiger partial charge on any atom is 0.308 e. The smallest absolute Gasteiger partial charge is 0.308 e. The molecule has 2 aliphatic carbocycles. The van der Waals surface area contributed by atoms with Gasteiger partial charge in [-0.3, -0.25) is 19.3 Å². The SMILES string of the molecule is O=C(CCN=C1NS(=O)(=O)c2ccccc21)OCC(=O)N(C1=CCCCC1)C1CC1. The summed E-state index contributed by atoms with van der Waals surface area (Å²) < 4.78 is 31.7. The van der Waals surface area contributed by atoms with Crippen LogP contribution in [0.1, 0.15) is 50.5 Å². The largest absolute Gasteiger partial charge is 0.455 e. The highest BCUT2D eigenvalue weighted by atomic mass is 32.2. The third-order valence-corrected chi connectivity index (χ3v) is 6.76. The van der Waals surface area contributed by atoms with Gasteiger partial charge >= 0.3 is 5.97 Å². The summed E-state index contributed by atoms with van der Waals surface area (Å²) in [4.78, 5) is 30.9. The van der Waals surface area contributed by atoms with E-state index in [-0.39, 0.29) is 42.3 Å². The van der Waals surface area contributed by atoms with Gasteiger partial charge in [0.2, 0.25) is 0 Å². The minimum Gasteiger partial charge on any atom is -0.455 e. The number of aliphatic imine (C=N–C) groups is 1. The molecule has 1 N–H and O–H groups in total. The average Bonchev–Trinajstić information content (AvgIpc) is 3.53. The third-order valence-electron chi connectivity index (χ3n) is 5.36. The van der Waals surface area contributed by atoms with Crippen LogP contribution in [0.5, 0.6) is 0 Å². The Hall–Kier alpha value is -2.68. The number of sulfonamides is 1. The first-order valence-corrected chi connectivity index (χ1v) is 11.8. The Bertz CT molecular complexity index is 1010. The molecule has 1 aromatic carbocycles. The number of amides is 1. The first-order valence-electron chi connectivity index (χ1n) is 10.3. The highest BCUT2D eigenvalue weighted by molar-refractivity contribution is 7.90. The molecule has 3 aliphatic rings. The standard InChI is InChI=1S/C21H25N3O5S/c25-19(24(16-10-11-16)15-6-2-1-3-7-15)14-29-20(26)12-13-22-21-17-8-4-5-9-18(17)30(27,28)23-21/h4-6,8-9,16H,1-3,7,10-14H2,(H,22,23). The van der Waals surface area contributed by atoms with Crippen molar-refractivity contribution in [3.8, 4) is 0 Å². The fraction of sp³-hybridized carbons (Fsp3) is 0.476. The van der Waals surface area contributed by atoms with Crippen molar-refractivity contribution >= 4 is 27.7 Å². The number of hydrogen-bond donors (Lipinski definition) is 1. The van der Waals surface area contributed by atoms with Gasteiger partial charge < -0.3 is 9.64 Å². The van der Waals surface area contributed by atoms with Gasteiger partial charge in [-0.25, -0.2) is 8.42 Å². The summed E-state index contributed by atoms with van der Waals surface area (Å²) >= 11 is 0. The maximum atomic E-state index is 12.6. The molecule has 1 amide bonds. The van der Waals surface area contributed by atoms with Crippen molar-refractivity contribution in [2.24, 2.45) is 4.99 Å². The van der Waals surface area contributed by atoms with E-state index in [1.54, 1.807) is 18.2 Å². The lowest BCUT2D eigenvalue weighted by atomic mass is 10.0. The van der Waals surface area contributed by atoms with Crippen molar-refractivity contribution in [2.45, 2.75) is 55.9 Å². The zero-order valence-electron chi connectivity index (χ0n) is 16.7. The monoisotopic (exact) mass is 431 g/mol. The van der Waals surface area contributed by atoms with Gasteiger partial charge in [0.05, 0.1) is 17.9 Å². The Balaban J connectivity index is 1.29. The van der Waals surface area contributed by atoms with Crippen molar-refractivity contribution in [2.75, 3.05) is 13.2 Å². The van der Waals surface area contributed by atoms with E-state index >= 15 is 0 Å². The molecule has 1 saturated carbocycles. The van der Waals surface area contributed by atoms with Gasteiger partial charge in [0.15, 0.2) is 6.61 Å². The minimum atomic E-state index is -3.60. The number of nitrogens with one attached hydrogen (secondary N) is 1. The van der Waals surface area contributed by atoms with E-state index < -0.39 is 16.0 Å². The van der Waals surface area contributed by atoms with Crippen LogP contribution in [0.3, 0.4) is 0 Å². The van der Waals surface area contributed by atoms with Gasteiger partial charge in [0.1, 0.15) is 5.84 Å². The number of carbonyl (C=O) groups is 2. The zero-order valence-corrected chi connectivity index (χ0v) is 17.5. The summed E-state index contributed by atoms with van der Waals surface area (Å²) in [7, 11) is -3.60. The van der Waals surface area contributed by atoms with Gasteiger partial charge in [0.25, 0.3) is 15.9 Å². The number of nitrogens with zero attached hydrogens (tertiary/aromatic N) is 2. The average molecular weight is 432 g/mol. The Kier molecular flexibility index (Phi) is 5.90. The molecule has 0 unspecified atom stereocenters. The van der Waals surface area contributed by atoms with Crippen LogP contribution in [-0.4, -0.2) is 50.2 Å². The minimum absolute atomic E-state index is 0.0349. The predicted molar refractivity (Wildman–Crippen MR) is 110 cm³/mol. The summed E-state index contributed by atoms with van der Waals surface area (Å²) in [6, 6.07) is 6.78. The Morgan fingerprint density at radius 1 is 1.20 bits per heavy atom. The molecule has 160 valence electrons. The van der Waals surface area contributed by atoms with Gasteiger partial charge in [0, 0.05) is 17.3 Å². The highest BCUT2D eigenvalue weighted by Crippen LogP contribution is 2.33. The Morgan fingerprint density at radius 2 is 2.00 bits per heavy atom. The molecule has 0 spiro atoms. The molecule has 8 nitrogen and oxygen atoms in total. The molecule has 0 saturated heterocycles. The van der Waals surface area contributed by atoms with Crippen LogP contribution < -0.4 is 4.72 Å². The van der Waals surface area contributed by atoms with Crippen LogP contribution in [0.25, 0.3) is 0 Å². The molecule has 1 aromatic rings. The Labute approximate surface area is 176 Å². The number of fused-ring (bicyclic) bond motifs is 1. The van der Waals surface area contributed by atoms with Crippen LogP contribution in [0.2, 0.25) is 0 Å². The zero-order chi connectivity index (χ0) is 21.1. The molecular formula is C21H25N3O5S.